The number of carbonyl (C=O) groups is 1. The van der Waals surface area contributed by atoms with E-state index in [4.69, 9.17) is 16.3 Å². The fourth-order valence-corrected chi connectivity index (χ4v) is 4.78. The van der Waals surface area contributed by atoms with Crippen LogP contribution in [-0.2, 0) is 28.3 Å². The molecule has 172 valence electrons. The van der Waals surface area contributed by atoms with Gasteiger partial charge in [0.1, 0.15) is 23.5 Å². The smallest absolute Gasteiger partial charge is 0.302 e. The van der Waals surface area contributed by atoms with Gasteiger partial charge in [-0.05, 0) is 43.1 Å². The van der Waals surface area contributed by atoms with Crippen molar-refractivity contribution in [3.63, 3.8) is 0 Å². The van der Waals surface area contributed by atoms with Crippen molar-refractivity contribution in [1.82, 2.24) is 9.88 Å². The van der Waals surface area contributed by atoms with E-state index in [1.54, 1.807) is 0 Å². The lowest BCUT2D eigenvalue weighted by Gasteiger charge is -2.25. The summed E-state index contributed by atoms with van der Waals surface area (Å²) in [7, 11) is 2.11. The predicted octanol–water partition coefficient (Wildman–Crippen LogP) is 4.56. The summed E-state index contributed by atoms with van der Waals surface area (Å²) < 4.78 is 5.04. The number of esters is 1. The van der Waals surface area contributed by atoms with Crippen LogP contribution >= 0.6 is 11.8 Å². The average molecular weight is 464 g/mol. The first kappa shape index (κ1) is 24.6. The number of thioether (sulfide) groups is 1. The van der Waals surface area contributed by atoms with Crippen molar-refractivity contribution in [2.75, 3.05) is 38.1 Å². The maximum atomic E-state index is 11.0. The van der Waals surface area contributed by atoms with Crippen LogP contribution in [0.15, 0.2) is 29.3 Å². The number of rotatable bonds is 7. The Labute approximate surface area is 200 Å². The van der Waals surface area contributed by atoms with E-state index in [0.29, 0.717) is 34.3 Å². The fraction of sp³-hybridized carbons (Fsp3) is 0.440. The molecule has 8 heteroatoms. The third-order valence-corrected chi connectivity index (χ3v) is 6.70. The molecule has 0 unspecified atom stereocenters. The van der Waals surface area contributed by atoms with E-state index in [1.165, 1.54) is 18.7 Å². The largest absolute Gasteiger partial charge is 0.461 e. The second kappa shape index (κ2) is 11.7. The Morgan fingerprint density at radius 3 is 2.61 bits per heavy atom. The molecule has 1 aliphatic rings. The lowest BCUT2D eigenvalue weighted by Crippen LogP contribution is -2.29. The number of nitriles is 1. The zero-order valence-electron chi connectivity index (χ0n) is 19.4. The summed E-state index contributed by atoms with van der Waals surface area (Å²) in [4.78, 5) is 24.2. The second-order valence-corrected chi connectivity index (χ2v) is 9.01. The van der Waals surface area contributed by atoms with E-state index in [1.807, 2.05) is 31.2 Å². The summed E-state index contributed by atoms with van der Waals surface area (Å²) >= 11 is 1.52. The number of aromatic nitrogens is 1. The van der Waals surface area contributed by atoms with Crippen LogP contribution in [0.4, 0.5) is 11.5 Å². The molecule has 1 fully saturated rings. The molecule has 2 heterocycles. The highest BCUT2D eigenvalue weighted by Crippen LogP contribution is 2.39. The SMILES string of the molecule is [C-]#[N+]c1c(N2CCCN(C)CC2)nc(SCc2ccc(COC(C)=O)cc2)c(C#N)c1CC. The molecule has 7 nitrogen and oxygen atoms in total. The Hall–Kier alpha value is -3.07. The highest BCUT2D eigenvalue weighted by molar-refractivity contribution is 7.98. The summed E-state index contributed by atoms with van der Waals surface area (Å²) in [5.74, 6) is 1.06. The topological polar surface area (TPSA) is 73.8 Å². The summed E-state index contributed by atoms with van der Waals surface area (Å²) in [6, 6.07) is 10.2. The van der Waals surface area contributed by atoms with Gasteiger partial charge in [0.2, 0.25) is 5.69 Å². The van der Waals surface area contributed by atoms with Crippen LogP contribution in [0.25, 0.3) is 4.85 Å². The van der Waals surface area contributed by atoms with E-state index in [2.05, 4.69) is 27.8 Å². The van der Waals surface area contributed by atoms with Gasteiger partial charge in [0.05, 0.1) is 12.1 Å². The normalized spacial score (nSPS) is 14.3. The van der Waals surface area contributed by atoms with Crippen LogP contribution < -0.4 is 4.90 Å². The third kappa shape index (κ3) is 6.25. The quantitative estimate of drug-likeness (QED) is 0.338. The van der Waals surface area contributed by atoms with Crippen LogP contribution in [0.1, 0.15) is 42.5 Å². The van der Waals surface area contributed by atoms with Crippen LogP contribution in [0.5, 0.6) is 0 Å². The molecule has 0 atom stereocenters. The molecule has 33 heavy (non-hydrogen) atoms. The maximum absolute atomic E-state index is 11.0. The first-order valence-corrected chi connectivity index (χ1v) is 12.1. The summed E-state index contributed by atoms with van der Waals surface area (Å²) in [5, 5.41) is 10.6. The zero-order chi connectivity index (χ0) is 23.8. The predicted molar refractivity (Wildman–Crippen MR) is 130 cm³/mol. The van der Waals surface area contributed by atoms with Gasteiger partial charge in [0.15, 0.2) is 0 Å². The van der Waals surface area contributed by atoms with Gasteiger partial charge < -0.3 is 14.5 Å². The Kier molecular flexibility index (Phi) is 8.71. The van der Waals surface area contributed by atoms with Crippen molar-refractivity contribution in [2.45, 2.75) is 44.1 Å². The van der Waals surface area contributed by atoms with E-state index < -0.39 is 0 Å². The van der Waals surface area contributed by atoms with Gasteiger partial charge in [-0.3, -0.25) is 4.79 Å². The summed E-state index contributed by atoms with van der Waals surface area (Å²) in [6.07, 6.45) is 1.63. The van der Waals surface area contributed by atoms with Gasteiger partial charge in [0, 0.05) is 32.3 Å². The Bertz CT molecular complexity index is 1070. The van der Waals surface area contributed by atoms with E-state index in [9.17, 15) is 10.1 Å². The Morgan fingerprint density at radius 2 is 1.97 bits per heavy atom. The second-order valence-electron chi connectivity index (χ2n) is 8.05. The fourth-order valence-electron chi connectivity index (χ4n) is 3.82. The van der Waals surface area contributed by atoms with Gasteiger partial charge in [-0.1, -0.05) is 31.2 Å². The van der Waals surface area contributed by atoms with E-state index in [0.717, 1.165) is 49.3 Å². The number of carbonyl (C=O) groups excluding carboxylic acids is 1. The minimum atomic E-state index is -0.300. The molecule has 2 aromatic rings. The standard InChI is InChI=1S/C25H29N5O2S/c1-5-21-22(15-26)25(33-17-20-9-7-19(8-10-20)16-32-18(2)31)28-24(23(21)27-3)30-12-6-11-29(4)13-14-30/h7-10H,5-6,11-14,16-17H2,1-2,4H3. The first-order valence-electron chi connectivity index (χ1n) is 11.1. The van der Waals surface area contributed by atoms with Crippen molar-refractivity contribution in [3.8, 4) is 6.07 Å². The molecule has 0 N–H and O–H groups in total. The molecule has 0 radical (unpaired) electrons. The minimum absolute atomic E-state index is 0.259. The number of hydrogen-bond acceptors (Lipinski definition) is 7. The van der Waals surface area contributed by atoms with Gasteiger partial charge >= 0.3 is 5.97 Å². The minimum Gasteiger partial charge on any atom is -0.461 e. The van der Waals surface area contributed by atoms with Crippen LogP contribution in [0, 0.1) is 17.9 Å². The monoisotopic (exact) mass is 463 g/mol. The van der Waals surface area contributed by atoms with Gasteiger partial charge in [-0.25, -0.2) is 9.83 Å². The number of ether oxygens (including phenoxy) is 1. The highest BCUT2D eigenvalue weighted by Gasteiger charge is 2.24. The van der Waals surface area contributed by atoms with Crippen molar-refractivity contribution >= 4 is 29.2 Å². The molecule has 1 aromatic carbocycles. The molecule has 3 rings (SSSR count). The molecular formula is C25H29N5O2S. The molecule has 0 spiro atoms. The molecular weight excluding hydrogens is 434 g/mol. The van der Waals surface area contributed by atoms with Crippen LogP contribution in [0.3, 0.4) is 0 Å². The van der Waals surface area contributed by atoms with Crippen molar-refractivity contribution in [1.29, 1.82) is 5.26 Å². The van der Waals surface area contributed by atoms with Crippen LogP contribution in [-0.4, -0.2) is 49.1 Å². The number of nitrogens with zero attached hydrogens (tertiary/aromatic N) is 5. The maximum Gasteiger partial charge on any atom is 0.302 e. The number of anilines is 1. The molecule has 0 saturated carbocycles. The molecule has 0 amide bonds. The Balaban J connectivity index is 1.87. The molecule has 1 saturated heterocycles. The number of benzene rings is 1. The van der Waals surface area contributed by atoms with Crippen molar-refractivity contribution in [2.24, 2.45) is 0 Å². The molecule has 1 aliphatic heterocycles. The number of hydrogen-bond donors (Lipinski definition) is 0. The lowest BCUT2D eigenvalue weighted by atomic mass is 10.1. The summed E-state index contributed by atoms with van der Waals surface area (Å²) in [5.41, 5.74) is 3.82. The summed E-state index contributed by atoms with van der Waals surface area (Å²) in [6.45, 7) is 15.1. The molecule has 0 bridgehead atoms. The van der Waals surface area contributed by atoms with Crippen molar-refractivity contribution in [3.05, 3.63) is 57.9 Å². The van der Waals surface area contributed by atoms with E-state index in [-0.39, 0.29) is 12.6 Å². The lowest BCUT2D eigenvalue weighted by molar-refractivity contribution is -0.142. The molecule has 1 aromatic heterocycles. The third-order valence-electron chi connectivity index (χ3n) is 5.66. The van der Waals surface area contributed by atoms with Gasteiger partial charge in [-0.2, -0.15) is 5.26 Å². The number of likely N-dealkylation sites (N-methyl/N-ethyl adjacent to an activating group) is 1. The Morgan fingerprint density at radius 1 is 1.24 bits per heavy atom. The van der Waals surface area contributed by atoms with Gasteiger partial charge in [-0.15, -0.1) is 11.8 Å². The van der Waals surface area contributed by atoms with Crippen molar-refractivity contribution < 1.29 is 9.53 Å². The average Bonchev–Trinajstić information content (AvgIpc) is 3.05. The number of pyridine rings is 1. The highest BCUT2D eigenvalue weighted by atomic mass is 32.2. The van der Waals surface area contributed by atoms with E-state index >= 15 is 0 Å². The van der Waals surface area contributed by atoms with Crippen LogP contribution in [0.2, 0.25) is 0 Å². The van der Waals surface area contributed by atoms with Gasteiger partial charge in [0.25, 0.3) is 0 Å². The first-order chi connectivity index (χ1) is 16.0. The zero-order valence-corrected chi connectivity index (χ0v) is 20.2. The molecule has 0 aliphatic carbocycles.